The lowest BCUT2D eigenvalue weighted by atomic mass is 9.80. The number of carbonyl (C=O) groups is 1. The molecule has 1 aliphatic heterocycles. The van der Waals surface area contributed by atoms with Crippen LogP contribution < -0.4 is 15.4 Å². The van der Waals surface area contributed by atoms with Crippen molar-refractivity contribution in [3.63, 3.8) is 0 Å². The molecule has 2 N–H and O–H groups in total. The lowest BCUT2D eigenvalue weighted by Gasteiger charge is -2.30. The fourth-order valence-electron chi connectivity index (χ4n) is 4.58. The summed E-state index contributed by atoms with van der Waals surface area (Å²) < 4.78 is 6.28. The molecular formula is C27H28N2O2S. The molecule has 164 valence electrons. The number of anilines is 2. The largest absolute Gasteiger partial charge is 0.490 e. The Morgan fingerprint density at radius 2 is 1.81 bits per heavy atom. The van der Waals surface area contributed by atoms with E-state index in [2.05, 4.69) is 60.2 Å². The van der Waals surface area contributed by atoms with Crippen LogP contribution in [0.3, 0.4) is 0 Å². The average molecular weight is 445 g/mol. The van der Waals surface area contributed by atoms with Crippen molar-refractivity contribution in [1.82, 2.24) is 0 Å². The Bertz CT molecular complexity index is 1150. The molecule has 0 amide bonds. The minimum Gasteiger partial charge on any atom is -0.490 e. The topological polar surface area (TPSA) is 50.4 Å². The maximum atomic E-state index is 13.6. The molecule has 4 nitrogen and oxygen atoms in total. The van der Waals surface area contributed by atoms with E-state index in [1.807, 2.05) is 30.3 Å². The number of thiophene rings is 1. The monoisotopic (exact) mass is 444 g/mol. The van der Waals surface area contributed by atoms with Crippen LogP contribution in [0, 0.1) is 0 Å². The van der Waals surface area contributed by atoms with Crippen molar-refractivity contribution in [2.75, 3.05) is 10.6 Å². The highest BCUT2D eigenvalue weighted by molar-refractivity contribution is 7.10. The highest BCUT2D eigenvalue weighted by Crippen LogP contribution is 2.46. The molecule has 5 rings (SSSR count). The highest BCUT2D eigenvalue weighted by atomic mass is 32.1. The summed E-state index contributed by atoms with van der Waals surface area (Å²) in [6.07, 6.45) is 2.38. The van der Waals surface area contributed by atoms with Gasteiger partial charge in [-0.05, 0) is 49.4 Å². The second-order valence-electron chi connectivity index (χ2n) is 8.56. The van der Waals surface area contributed by atoms with Crippen LogP contribution in [0.15, 0.2) is 77.3 Å². The van der Waals surface area contributed by atoms with Crippen LogP contribution in [0.2, 0.25) is 0 Å². The predicted molar refractivity (Wildman–Crippen MR) is 132 cm³/mol. The number of fused-ring (bicyclic) bond motifs is 1. The third-order valence-electron chi connectivity index (χ3n) is 6.39. The molecule has 0 spiro atoms. The Kier molecular flexibility index (Phi) is 5.75. The minimum atomic E-state index is -0.266. The van der Waals surface area contributed by atoms with E-state index in [-0.39, 0.29) is 23.8 Å². The molecule has 1 aliphatic carbocycles. The second-order valence-corrected chi connectivity index (χ2v) is 9.54. The summed E-state index contributed by atoms with van der Waals surface area (Å²) in [4.78, 5) is 14.9. The summed E-state index contributed by atoms with van der Waals surface area (Å²) in [5.74, 6) is 1.24. The maximum absolute atomic E-state index is 13.6. The van der Waals surface area contributed by atoms with Crippen molar-refractivity contribution in [3.8, 4) is 5.75 Å². The summed E-state index contributed by atoms with van der Waals surface area (Å²) in [5, 5.41) is 9.37. The van der Waals surface area contributed by atoms with Gasteiger partial charge in [0.15, 0.2) is 5.78 Å². The Morgan fingerprint density at radius 1 is 1.03 bits per heavy atom. The van der Waals surface area contributed by atoms with Crippen molar-refractivity contribution < 1.29 is 9.53 Å². The van der Waals surface area contributed by atoms with E-state index in [1.54, 1.807) is 11.3 Å². The number of ether oxygens (including phenoxy) is 1. The Labute approximate surface area is 193 Å². The van der Waals surface area contributed by atoms with Gasteiger partial charge in [0.1, 0.15) is 5.75 Å². The van der Waals surface area contributed by atoms with Crippen molar-refractivity contribution in [1.29, 1.82) is 0 Å². The van der Waals surface area contributed by atoms with Crippen LogP contribution in [0.1, 0.15) is 55.5 Å². The van der Waals surface area contributed by atoms with Gasteiger partial charge in [-0.3, -0.25) is 4.79 Å². The zero-order chi connectivity index (χ0) is 22.1. The van der Waals surface area contributed by atoms with Gasteiger partial charge in [0.05, 0.1) is 23.5 Å². The summed E-state index contributed by atoms with van der Waals surface area (Å²) in [5.41, 5.74) is 4.84. The van der Waals surface area contributed by atoms with E-state index in [0.29, 0.717) is 6.42 Å². The molecule has 0 saturated carbocycles. The number of carbonyl (C=O) groups excluding carboxylic acids is 1. The van der Waals surface area contributed by atoms with E-state index >= 15 is 0 Å². The molecule has 2 heterocycles. The normalized spacial score (nSPS) is 21.0. The molecule has 2 aliphatic rings. The zero-order valence-corrected chi connectivity index (χ0v) is 19.2. The summed E-state index contributed by atoms with van der Waals surface area (Å²) in [6, 6.07) is 20.2. The molecule has 0 radical (unpaired) electrons. The summed E-state index contributed by atoms with van der Waals surface area (Å²) in [7, 11) is 0. The van der Waals surface area contributed by atoms with Gasteiger partial charge in [-0.1, -0.05) is 43.3 Å². The summed E-state index contributed by atoms with van der Waals surface area (Å²) in [6.45, 7) is 4.20. The number of hydrogen-bond donors (Lipinski definition) is 2. The molecule has 0 saturated heterocycles. The van der Waals surface area contributed by atoms with E-state index < -0.39 is 0 Å². The van der Waals surface area contributed by atoms with Crippen molar-refractivity contribution in [2.45, 2.75) is 51.2 Å². The fourth-order valence-corrected chi connectivity index (χ4v) is 5.41. The van der Waals surface area contributed by atoms with Crippen LogP contribution in [0.25, 0.3) is 0 Å². The van der Waals surface area contributed by atoms with Crippen LogP contribution in [0.5, 0.6) is 5.75 Å². The molecule has 1 aromatic heterocycles. The Hall–Kier alpha value is -3.05. The molecule has 3 aromatic rings. The zero-order valence-electron chi connectivity index (χ0n) is 18.4. The average Bonchev–Trinajstić information content (AvgIpc) is 3.28. The predicted octanol–water partition coefficient (Wildman–Crippen LogP) is 6.90. The van der Waals surface area contributed by atoms with E-state index in [0.717, 1.165) is 46.8 Å². The number of para-hydroxylation sites is 3. The first kappa shape index (κ1) is 20.8. The smallest absolute Gasteiger partial charge is 0.163 e. The molecule has 2 aromatic carbocycles. The number of Topliss-reactive ketones (excluding diaryl/α,β-unsaturated/α-hetero) is 1. The Balaban J connectivity index is 1.62. The van der Waals surface area contributed by atoms with Crippen LogP contribution in [0.4, 0.5) is 11.4 Å². The van der Waals surface area contributed by atoms with Gasteiger partial charge in [0, 0.05) is 34.0 Å². The molecular weight excluding hydrogens is 416 g/mol. The number of allylic oxidation sites excluding steroid dienone is 1. The Morgan fingerprint density at radius 3 is 2.59 bits per heavy atom. The third-order valence-corrected chi connectivity index (χ3v) is 7.42. The second kappa shape index (κ2) is 8.83. The quantitative estimate of drug-likeness (QED) is 0.449. The van der Waals surface area contributed by atoms with E-state index in [1.165, 1.54) is 4.88 Å². The van der Waals surface area contributed by atoms with E-state index in [4.69, 9.17) is 4.74 Å². The first-order valence-corrected chi connectivity index (χ1v) is 12.2. The van der Waals surface area contributed by atoms with Crippen LogP contribution in [-0.2, 0) is 4.79 Å². The third kappa shape index (κ3) is 3.93. The number of benzene rings is 2. The van der Waals surface area contributed by atoms with Gasteiger partial charge in [0.25, 0.3) is 0 Å². The SMILES string of the molecule is CCC(C)Oc1ccccc1C1Nc2ccccc2NC2=C1C(=O)CC(c1cccs1)C2. The first-order valence-electron chi connectivity index (χ1n) is 11.3. The van der Waals surface area contributed by atoms with Crippen molar-refractivity contribution >= 4 is 28.5 Å². The van der Waals surface area contributed by atoms with Crippen LogP contribution in [-0.4, -0.2) is 11.9 Å². The fraction of sp³-hybridized carbons (Fsp3) is 0.296. The standard InChI is InChI=1S/C27H28N2O2S/c1-3-17(2)31-24-12-7-4-9-19(24)27-26-22(28-20-10-5-6-11-21(20)29-27)15-18(16-23(26)30)25-13-8-14-32-25/h4-14,17-18,27-29H,3,15-16H2,1-2H3. The number of nitrogens with one attached hydrogen (secondary N) is 2. The number of rotatable bonds is 5. The number of hydrogen-bond acceptors (Lipinski definition) is 5. The molecule has 3 atom stereocenters. The molecule has 0 bridgehead atoms. The molecule has 32 heavy (non-hydrogen) atoms. The maximum Gasteiger partial charge on any atom is 0.163 e. The van der Waals surface area contributed by atoms with Crippen molar-refractivity contribution in [2.24, 2.45) is 0 Å². The van der Waals surface area contributed by atoms with Gasteiger partial charge >= 0.3 is 0 Å². The van der Waals surface area contributed by atoms with Gasteiger partial charge in [0.2, 0.25) is 0 Å². The van der Waals surface area contributed by atoms with Gasteiger partial charge in [-0.2, -0.15) is 0 Å². The van der Waals surface area contributed by atoms with Crippen molar-refractivity contribution in [3.05, 3.63) is 87.8 Å². The number of ketones is 1. The first-order chi connectivity index (χ1) is 15.6. The van der Waals surface area contributed by atoms with Gasteiger partial charge in [-0.25, -0.2) is 0 Å². The molecule has 3 unspecified atom stereocenters. The lowest BCUT2D eigenvalue weighted by molar-refractivity contribution is -0.116. The molecule has 0 fully saturated rings. The van der Waals surface area contributed by atoms with Crippen LogP contribution >= 0.6 is 11.3 Å². The summed E-state index contributed by atoms with van der Waals surface area (Å²) >= 11 is 1.73. The van der Waals surface area contributed by atoms with E-state index in [9.17, 15) is 4.79 Å². The highest BCUT2D eigenvalue weighted by Gasteiger charge is 2.37. The lowest BCUT2D eigenvalue weighted by Crippen LogP contribution is -2.27. The molecule has 5 heteroatoms. The minimum absolute atomic E-state index is 0.103. The van der Waals surface area contributed by atoms with Gasteiger partial charge < -0.3 is 15.4 Å². The van der Waals surface area contributed by atoms with Gasteiger partial charge in [-0.15, -0.1) is 11.3 Å².